The Morgan fingerprint density at radius 3 is 2.75 bits per heavy atom. The Morgan fingerprint density at radius 2 is 2.04 bits per heavy atom. The molecule has 0 bridgehead atoms. The number of hydrogen-bond acceptors (Lipinski definition) is 8. The van der Waals surface area contributed by atoms with Gasteiger partial charge in [0.2, 0.25) is 5.89 Å². The Labute approximate surface area is 139 Å². The van der Waals surface area contributed by atoms with Crippen molar-refractivity contribution in [3.8, 4) is 0 Å². The van der Waals surface area contributed by atoms with Gasteiger partial charge in [0, 0.05) is 33.3 Å². The van der Waals surface area contributed by atoms with Crippen molar-refractivity contribution in [1.29, 1.82) is 0 Å². The van der Waals surface area contributed by atoms with Gasteiger partial charge in [-0.05, 0) is 6.42 Å². The number of ether oxygens (including phenoxy) is 1. The van der Waals surface area contributed by atoms with Crippen LogP contribution >= 0.6 is 0 Å². The van der Waals surface area contributed by atoms with Crippen LogP contribution < -0.4 is 4.90 Å². The minimum Gasteiger partial charge on any atom is -0.377 e. The van der Waals surface area contributed by atoms with Crippen molar-refractivity contribution in [3.63, 3.8) is 0 Å². The third kappa shape index (κ3) is 3.68. The topological polar surface area (TPSA) is 80.4 Å². The Hall–Kier alpha value is -2.13. The van der Waals surface area contributed by atoms with E-state index in [1.54, 1.807) is 7.11 Å². The summed E-state index contributed by atoms with van der Waals surface area (Å²) in [6.07, 6.45) is 1.99. The van der Waals surface area contributed by atoms with Crippen LogP contribution in [0, 0.1) is 5.82 Å². The standard InChI is InChI=1S/C15H21FN6O2/c1-3-11-14(16)15(18-10-17-11)22-6-4-21(5-7-22)8-13-19-12(9-23-2)20-24-13/h10H,3-9H2,1-2H3. The number of aryl methyl sites for hydroxylation is 1. The van der Waals surface area contributed by atoms with Crippen molar-refractivity contribution in [2.75, 3.05) is 38.2 Å². The lowest BCUT2D eigenvalue weighted by molar-refractivity contribution is 0.174. The molecule has 0 aromatic carbocycles. The zero-order valence-corrected chi connectivity index (χ0v) is 13.9. The summed E-state index contributed by atoms with van der Waals surface area (Å²) in [6.45, 7) is 5.72. The predicted octanol–water partition coefficient (Wildman–Crippen LogP) is 1.03. The zero-order valence-electron chi connectivity index (χ0n) is 13.9. The molecule has 130 valence electrons. The first-order valence-electron chi connectivity index (χ1n) is 7.98. The fraction of sp³-hybridized carbons (Fsp3) is 0.600. The van der Waals surface area contributed by atoms with Gasteiger partial charge in [0.15, 0.2) is 17.5 Å². The van der Waals surface area contributed by atoms with Gasteiger partial charge in [0.05, 0.1) is 12.2 Å². The lowest BCUT2D eigenvalue weighted by Gasteiger charge is -2.34. The maximum Gasteiger partial charge on any atom is 0.240 e. The third-order valence-corrected chi connectivity index (χ3v) is 3.99. The molecule has 24 heavy (non-hydrogen) atoms. The van der Waals surface area contributed by atoms with Crippen LogP contribution in [0.25, 0.3) is 0 Å². The molecule has 3 heterocycles. The van der Waals surface area contributed by atoms with Crippen LogP contribution in [0.5, 0.6) is 0 Å². The van der Waals surface area contributed by atoms with Crippen LogP contribution in [-0.2, 0) is 24.3 Å². The fourth-order valence-corrected chi connectivity index (χ4v) is 2.71. The molecule has 0 spiro atoms. The van der Waals surface area contributed by atoms with Crippen LogP contribution in [0.1, 0.15) is 24.3 Å². The van der Waals surface area contributed by atoms with Gasteiger partial charge < -0.3 is 14.2 Å². The molecule has 0 atom stereocenters. The molecule has 1 aliphatic heterocycles. The van der Waals surface area contributed by atoms with Gasteiger partial charge in [-0.2, -0.15) is 4.98 Å². The number of aromatic nitrogens is 4. The highest BCUT2D eigenvalue weighted by Gasteiger charge is 2.23. The SMILES string of the molecule is CCc1ncnc(N2CCN(Cc3nc(COC)no3)CC2)c1F. The van der Waals surface area contributed by atoms with Crippen LogP contribution in [0.3, 0.4) is 0 Å². The minimum atomic E-state index is -0.311. The van der Waals surface area contributed by atoms with Crippen molar-refractivity contribution in [1.82, 2.24) is 25.0 Å². The predicted molar refractivity (Wildman–Crippen MR) is 83.9 cm³/mol. The Balaban J connectivity index is 1.57. The second-order valence-corrected chi connectivity index (χ2v) is 5.61. The van der Waals surface area contributed by atoms with E-state index in [-0.39, 0.29) is 5.82 Å². The second-order valence-electron chi connectivity index (χ2n) is 5.61. The average Bonchev–Trinajstić information content (AvgIpc) is 3.03. The molecule has 2 aromatic rings. The van der Waals surface area contributed by atoms with Gasteiger partial charge in [-0.1, -0.05) is 12.1 Å². The molecule has 0 aliphatic carbocycles. The third-order valence-electron chi connectivity index (χ3n) is 3.99. The zero-order chi connectivity index (χ0) is 16.9. The number of rotatable bonds is 6. The van der Waals surface area contributed by atoms with Crippen molar-refractivity contribution >= 4 is 5.82 Å². The number of halogens is 1. The van der Waals surface area contributed by atoms with Crippen LogP contribution in [0.15, 0.2) is 10.9 Å². The van der Waals surface area contributed by atoms with E-state index in [1.165, 1.54) is 6.33 Å². The Kier molecular flexibility index (Phi) is 5.31. The normalized spacial score (nSPS) is 15.9. The Morgan fingerprint density at radius 1 is 1.25 bits per heavy atom. The molecule has 1 fully saturated rings. The minimum absolute atomic E-state index is 0.311. The lowest BCUT2D eigenvalue weighted by Crippen LogP contribution is -2.46. The summed E-state index contributed by atoms with van der Waals surface area (Å²) in [5, 5.41) is 3.85. The Bertz CT molecular complexity index is 672. The number of piperazine rings is 1. The van der Waals surface area contributed by atoms with Crippen LogP contribution in [-0.4, -0.2) is 58.3 Å². The smallest absolute Gasteiger partial charge is 0.240 e. The number of methoxy groups -OCH3 is 1. The highest BCUT2D eigenvalue weighted by molar-refractivity contribution is 5.41. The fourth-order valence-electron chi connectivity index (χ4n) is 2.71. The monoisotopic (exact) mass is 336 g/mol. The van der Waals surface area contributed by atoms with Crippen molar-refractivity contribution in [2.24, 2.45) is 0 Å². The second kappa shape index (κ2) is 7.63. The molecule has 3 rings (SSSR count). The van der Waals surface area contributed by atoms with Gasteiger partial charge in [0.1, 0.15) is 12.9 Å². The van der Waals surface area contributed by atoms with Crippen LogP contribution in [0.2, 0.25) is 0 Å². The molecule has 0 N–H and O–H groups in total. The molecule has 2 aromatic heterocycles. The quantitative estimate of drug-likeness (QED) is 0.774. The summed E-state index contributed by atoms with van der Waals surface area (Å²) in [5.41, 5.74) is 0.457. The highest BCUT2D eigenvalue weighted by Crippen LogP contribution is 2.20. The van der Waals surface area contributed by atoms with Gasteiger partial charge in [-0.15, -0.1) is 0 Å². The first-order chi connectivity index (χ1) is 11.7. The molecular formula is C15H21FN6O2. The average molecular weight is 336 g/mol. The van der Waals surface area contributed by atoms with E-state index >= 15 is 0 Å². The molecule has 0 amide bonds. The molecule has 0 unspecified atom stereocenters. The maximum atomic E-state index is 14.4. The van der Waals surface area contributed by atoms with E-state index < -0.39 is 0 Å². The molecule has 1 aliphatic rings. The maximum absolute atomic E-state index is 14.4. The summed E-state index contributed by atoms with van der Waals surface area (Å²) >= 11 is 0. The highest BCUT2D eigenvalue weighted by atomic mass is 19.1. The van der Waals surface area contributed by atoms with E-state index in [1.807, 2.05) is 11.8 Å². The molecule has 0 saturated carbocycles. The van der Waals surface area contributed by atoms with E-state index in [0.29, 0.717) is 55.9 Å². The van der Waals surface area contributed by atoms with E-state index in [9.17, 15) is 4.39 Å². The van der Waals surface area contributed by atoms with Gasteiger partial charge in [-0.25, -0.2) is 14.4 Å². The van der Waals surface area contributed by atoms with Crippen LogP contribution in [0.4, 0.5) is 10.2 Å². The summed E-state index contributed by atoms with van der Waals surface area (Å²) in [4.78, 5) is 16.5. The largest absolute Gasteiger partial charge is 0.377 e. The first kappa shape index (κ1) is 16.7. The lowest BCUT2D eigenvalue weighted by atomic mass is 10.2. The summed E-state index contributed by atoms with van der Waals surface area (Å²) in [5.74, 6) is 1.19. The van der Waals surface area contributed by atoms with Crippen molar-refractivity contribution in [2.45, 2.75) is 26.5 Å². The summed E-state index contributed by atoms with van der Waals surface area (Å²) < 4.78 is 24.5. The van der Waals surface area contributed by atoms with Gasteiger partial charge in [0.25, 0.3) is 0 Å². The molecule has 1 saturated heterocycles. The number of anilines is 1. The van der Waals surface area contributed by atoms with Gasteiger partial charge in [-0.3, -0.25) is 4.90 Å². The van der Waals surface area contributed by atoms with Crippen molar-refractivity contribution in [3.05, 3.63) is 29.6 Å². The van der Waals surface area contributed by atoms with E-state index in [2.05, 4.69) is 25.0 Å². The van der Waals surface area contributed by atoms with Gasteiger partial charge >= 0.3 is 0 Å². The van der Waals surface area contributed by atoms with E-state index in [4.69, 9.17) is 9.26 Å². The summed E-state index contributed by atoms with van der Waals surface area (Å²) in [7, 11) is 1.59. The molecule has 0 radical (unpaired) electrons. The van der Waals surface area contributed by atoms with E-state index in [0.717, 1.165) is 13.1 Å². The molecule has 8 nitrogen and oxygen atoms in total. The van der Waals surface area contributed by atoms with Crippen molar-refractivity contribution < 1.29 is 13.7 Å². The molecule has 9 heteroatoms. The number of nitrogens with zero attached hydrogens (tertiary/aromatic N) is 6. The first-order valence-corrected chi connectivity index (χ1v) is 7.98. The number of hydrogen-bond donors (Lipinski definition) is 0. The molecular weight excluding hydrogens is 315 g/mol. The summed E-state index contributed by atoms with van der Waals surface area (Å²) in [6, 6.07) is 0.